The summed E-state index contributed by atoms with van der Waals surface area (Å²) >= 11 is 0. The fraction of sp³-hybridized carbons (Fsp3) is 0.333. The van der Waals surface area contributed by atoms with Crippen molar-refractivity contribution in [2.24, 2.45) is 5.41 Å². The number of phenols is 1. The van der Waals surface area contributed by atoms with Crippen LogP contribution in [0.2, 0.25) is 0 Å². The molecule has 0 aliphatic carbocycles. The Hall–Kier alpha value is -4.14. The normalized spacial score (nSPS) is 14.6. The van der Waals surface area contributed by atoms with Crippen molar-refractivity contribution in [3.63, 3.8) is 0 Å². The zero-order valence-corrected chi connectivity index (χ0v) is 21.0. The molecular weight excluding hydrogens is 468 g/mol. The highest BCUT2D eigenvalue weighted by Crippen LogP contribution is 2.36. The van der Waals surface area contributed by atoms with E-state index in [0.717, 1.165) is 0 Å². The Kier molecular flexibility index (Phi) is 6.34. The van der Waals surface area contributed by atoms with Crippen LogP contribution in [0.25, 0.3) is 22.3 Å². The molecule has 0 saturated heterocycles. The van der Waals surface area contributed by atoms with Crippen LogP contribution in [-0.2, 0) is 14.3 Å². The lowest BCUT2D eigenvalue weighted by Gasteiger charge is -2.18. The van der Waals surface area contributed by atoms with Crippen LogP contribution in [0.5, 0.6) is 23.0 Å². The number of esters is 1. The molecule has 190 valence electrons. The highest BCUT2D eigenvalue weighted by atomic mass is 16.7. The van der Waals surface area contributed by atoms with E-state index in [9.17, 15) is 14.7 Å². The molecule has 1 aromatic heterocycles. The number of phenolic OH excluding ortho intramolecular Hbond substituents is 1. The molecule has 0 saturated carbocycles. The number of rotatable bonds is 6. The molecule has 2 aromatic carbocycles. The van der Waals surface area contributed by atoms with Crippen molar-refractivity contribution >= 4 is 16.9 Å². The molecule has 0 spiro atoms. The minimum absolute atomic E-state index is 0.0137. The van der Waals surface area contributed by atoms with Gasteiger partial charge in [-0.2, -0.15) is 0 Å². The lowest BCUT2D eigenvalue weighted by molar-refractivity contribution is -0.143. The van der Waals surface area contributed by atoms with E-state index in [0.29, 0.717) is 17.1 Å². The molecule has 1 aliphatic heterocycles. The molecule has 0 amide bonds. The van der Waals surface area contributed by atoms with E-state index >= 15 is 0 Å². The second kappa shape index (κ2) is 9.14. The molecule has 1 N–H and O–H groups in total. The highest BCUT2D eigenvalue weighted by Gasteiger charge is 2.28. The number of hydrogen-bond donors (Lipinski definition) is 1. The number of ether oxygens (including phenoxy) is 5. The van der Waals surface area contributed by atoms with Gasteiger partial charge in [0, 0.05) is 37.6 Å². The number of methoxy groups -OCH3 is 1. The quantitative estimate of drug-likeness (QED) is 0.366. The van der Waals surface area contributed by atoms with E-state index in [1.165, 1.54) is 31.6 Å². The first-order chi connectivity index (χ1) is 16.9. The van der Waals surface area contributed by atoms with Crippen LogP contribution in [0.15, 0.2) is 57.6 Å². The monoisotopic (exact) mass is 496 g/mol. The van der Waals surface area contributed by atoms with Gasteiger partial charge in [0.15, 0.2) is 22.7 Å². The van der Waals surface area contributed by atoms with E-state index in [2.05, 4.69) is 0 Å². The van der Waals surface area contributed by atoms with Crippen molar-refractivity contribution in [3.8, 4) is 34.3 Å². The zero-order valence-electron chi connectivity index (χ0n) is 21.0. The predicted octanol–water partition coefficient (Wildman–Crippen LogP) is 5.13. The van der Waals surface area contributed by atoms with Crippen LogP contribution in [0.1, 0.15) is 34.6 Å². The Morgan fingerprint density at radius 1 is 1.08 bits per heavy atom. The number of benzene rings is 2. The largest absolute Gasteiger partial charge is 0.507 e. The minimum Gasteiger partial charge on any atom is -0.507 e. The summed E-state index contributed by atoms with van der Waals surface area (Å²) in [5.74, 6) is -0.0122. The van der Waals surface area contributed by atoms with E-state index in [1.807, 2.05) is 0 Å². The Labute approximate surface area is 207 Å². The van der Waals surface area contributed by atoms with Gasteiger partial charge in [0.1, 0.15) is 41.1 Å². The number of carbonyl (C=O) groups excluding carboxylic acids is 1. The average molecular weight is 497 g/mol. The molecule has 0 radical (unpaired) electrons. The van der Waals surface area contributed by atoms with Gasteiger partial charge in [-0.25, -0.2) is 0 Å². The third-order valence-corrected chi connectivity index (χ3v) is 5.28. The van der Waals surface area contributed by atoms with Gasteiger partial charge in [-0.3, -0.25) is 9.59 Å². The Bertz CT molecular complexity index is 1410. The van der Waals surface area contributed by atoms with E-state index in [1.54, 1.807) is 52.8 Å². The van der Waals surface area contributed by atoms with Gasteiger partial charge in [0.05, 0.1) is 12.5 Å². The van der Waals surface area contributed by atoms with Gasteiger partial charge in [-0.1, -0.05) is 0 Å². The summed E-state index contributed by atoms with van der Waals surface area (Å²) in [5.41, 5.74) is -0.585. The van der Waals surface area contributed by atoms with Gasteiger partial charge in [-0.05, 0) is 39.0 Å². The maximum absolute atomic E-state index is 12.8. The predicted molar refractivity (Wildman–Crippen MR) is 131 cm³/mol. The van der Waals surface area contributed by atoms with Crippen molar-refractivity contribution < 1.29 is 38.0 Å². The number of aromatic hydroxyl groups is 1. The topological polar surface area (TPSA) is 114 Å². The molecule has 3 aromatic rings. The average Bonchev–Trinajstić information content (AvgIpc) is 3.15. The zero-order chi connectivity index (χ0) is 26.3. The van der Waals surface area contributed by atoms with E-state index < -0.39 is 22.6 Å². The third kappa shape index (κ3) is 5.25. The first kappa shape index (κ1) is 25.0. The summed E-state index contributed by atoms with van der Waals surface area (Å²) in [4.78, 5) is 25.3. The molecule has 1 aliphatic rings. The van der Waals surface area contributed by atoms with Gasteiger partial charge >= 0.3 is 5.97 Å². The lowest BCUT2D eigenvalue weighted by Crippen LogP contribution is -2.25. The van der Waals surface area contributed by atoms with Crippen LogP contribution in [0.3, 0.4) is 0 Å². The van der Waals surface area contributed by atoms with Gasteiger partial charge in [-0.15, -0.1) is 0 Å². The SMILES string of the molecule is COc1ccc(-c2cc(=O)c3c(O)cc(OCC4=COC(C)(C)O4)cc3o2)cc1OC(=O)C(C)(C)C. The molecule has 0 bridgehead atoms. The summed E-state index contributed by atoms with van der Waals surface area (Å²) in [6.45, 7) is 8.81. The molecule has 0 unspecified atom stereocenters. The summed E-state index contributed by atoms with van der Waals surface area (Å²) < 4.78 is 33.5. The molecular formula is C27H28O9. The molecule has 36 heavy (non-hydrogen) atoms. The standard InChI is InChI=1S/C27H28O9/c1-26(2,3)25(30)35-22-9-15(7-8-20(22)31-6)21-12-19(29)24-18(28)10-16(11-23(24)34-21)32-13-17-14-33-27(4,5)36-17/h7-12,14,28H,13H2,1-6H3. The lowest BCUT2D eigenvalue weighted by atomic mass is 9.97. The Morgan fingerprint density at radius 3 is 2.47 bits per heavy atom. The van der Waals surface area contributed by atoms with Crippen LogP contribution in [0, 0.1) is 5.41 Å². The van der Waals surface area contributed by atoms with Crippen molar-refractivity contribution in [2.45, 2.75) is 40.4 Å². The molecule has 0 atom stereocenters. The number of hydrogen-bond acceptors (Lipinski definition) is 9. The van der Waals surface area contributed by atoms with Crippen LogP contribution < -0.4 is 19.6 Å². The second-order valence-corrected chi connectivity index (χ2v) is 9.79. The third-order valence-electron chi connectivity index (χ3n) is 5.28. The molecule has 9 heteroatoms. The summed E-state index contributed by atoms with van der Waals surface area (Å²) in [6.07, 6.45) is 1.47. The summed E-state index contributed by atoms with van der Waals surface area (Å²) in [7, 11) is 1.46. The number of fused-ring (bicyclic) bond motifs is 1. The van der Waals surface area contributed by atoms with Crippen molar-refractivity contribution in [2.75, 3.05) is 13.7 Å². The number of carbonyl (C=O) groups is 1. The highest BCUT2D eigenvalue weighted by molar-refractivity contribution is 5.86. The van der Waals surface area contributed by atoms with Crippen molar-refractivity contribution in [1.29, 1.82) is 0 Å². The van der Waals surface area contributed by atoms with Crippen LogP contribution in [0.4, 0.5) is 0 Å². The molecule has 0 fully saturated rings. The van der Waals surface area contributed by atoms with E-state index in [4.69, 9.17) is 28.1 Å². The van der Waals surface area contributed by atoms with Crippen molar-refractivity contribution in [3.05, 3.63) is 58.6 Å². The smallest absolute Gasteiger partial charge is 0.316 e. The first-order valence-electron chi connectivity index (χ1n) is 11.3. The molecule has 9 nitrogen and oxygen atoms in total. The first-order valence-corrected chi connectivity index (χ1v) is 11.3. The fourth-order valence-electron chi connectivity index (χ4n) is 3.42. The molecule has 2 heterocycles. The maximum Gasteiger partial charge on any atom is 0.316 e. The van der Waals surface area contributed by atoms with Crippen LogP contribution >= 0.6 is 0 Å². The summed E-state index contributed by atoms with van der Waals surface area (Å²) in [5, 5.41) is 10.5. The Morgan fingerprint density at radius 2 is 1.83 bits per heavy atom. The van der Waals surface area contributed by atoms with Crippen LogP contribution in [-0.4, -0.2) is 30.6 Å². The van der Waals surface area contributed by atoms with Gasteiger partial charge in [0.2, 0.25) is 5.79 Å². The second-order valence-electron chi connectivity index (χ2n) is 9.79. The van der Waals surface area contributed by atoms with Gasteiger partial charge in [0.25, 0.3) is 0 Å². The minimum atomic E-state index is -0.773. The maximum atomic E-state index is 12.8. The summed E-state index contributed by atoms with van der Waals surface area (Å²) in [6, 6.07) is 8.93. The molecule has 4 rings (SSSR count). The van der Waals surface area contributed by atoms with Crippen molar-refractivity contribution in [1.82, 2.24) is 0 Å². The fourth-order valence-corrected chi connectivity index (χ4v) is 3.42. The Balaban J connectivity index is 1.68. The van der Waals surface area contributed by atoms with E-state index in [-0.39, 0.29) is 40.6 Å². The van der Waals surface area contributed by atoms with Gasteiger partial charge < -0.3 is 33.2 Å².